The first-order chi connectivity index (χ1) is 28.1. The summed E-state index contributed by atoms with van der Waals surface area (Å²) in [4.78, 5) is 69.0. The molecular formula is C45H57N3O11. The minimum Gasteiger partial charge on any atom is -0.462 e. The number of para-hydroxylation sites is 2. The quantitative estimate of drug-likeness (QED) is 0.196. The number of benzene rings is 2. The van der Waals surface area contributed by atoms with E-state index in [4.69, 9.17) is 23.7 Å². The number of carbonyl (C=O) groups is 5. The van der Waals surface area contributed by atoms with Gasteiger partial charge in [-0.2, -0.15) is 0 Å². The Bertz CT molecular complexity index is 2030. The largest absolute Gasteiger partial charge is 0.462 e. The fourth-order valence-electron chi connectivity index (χ4n) is 13.4. The monoisotopic (exact) mass is 815 g/mol. The fourth-order valence-corrected chi connectivity index (χ4v) is 13.4. The number of carbonyl (C=O) groups excluding carboxylic acids is 5. The molecule has 1 aliphatic heterocycles. The van der Waals surface area contributed by atoms with Gasteiger partial charge in [-0.3, -0.25) is 24.1 Å². The molecule has 8 rings (SSSR count). The second kappa shape index (κ2) is 15.0. The summed E-state index contributed by atoms with van der Waals surface area (Å²) in [6, 6.07) is 13.1. The van der Waals surface area contributed by atoms with E-state index >= 15 is 0 Å². The molecule has 59 heavy (non-hydrogen) atoms. The van der Waals surface area contributed by atoms with Crippen LogP contribution in [0, 0.1) is 40.4 Å². The molecule has 5 saturated carbocycles. The minimum absolute atomic E-state index is 0.0200. The van der Waals surface area contributed by atoms with E-state index in [1.807, 2.05) is 0 Å². The third-order valence-corrected chi connectivity index (χ3v) is 15.2. The predicted octanol–water partition coefficient (Wildman–Crippen LogP) is 4.85. The Kier molecular flexibility index (Phi) is 10.5. The van der Waals surface area contributed by atoms with Crippen molar-refractivity contribution in [2.45, 2.75) is 102 Å². The highest BCUT2D eigenvalue weighted by atomic mass is 16.6. The van der Waals surface area contributed by atoms with Gasteiger partial charge in [-0.15, -0.1) is 0 Å². The summed E-state index contributed by atoms with van der Waals surface area (Å²) in [5, 5.41) is 15.7. The van der Waals surface area contributed by atoms with Crippen molar-refractivity contribution in [2.24, 2.45) is 40.4 Å². The molecule has 12 atom stereocenters. The zero-order valence-electron chi connectivity index (χ0n) is 34.9. The fraction of sp³-hybridized carbons (Fsp3) is 0.622. The number of esters is 3. The van der Waals surface area contributed by atoms with E-state index in [9.17, 15) is 29.1 Å². The molecule has 14 nitrogen and oxygen atoms in total. The van der Waals surface area contributed by atoms with Crippen molar-refractivity contribution in [3.8, 4) is 0 Å². The van der Waals surface area contributed by atoms with Crippen molar-refractivity contribution >= 4 is 41.1 Å². The van der Waals surface area contributed by atoms with Gasteiger partial charge >= 0.3 is 17.9 Å². The maximum absolute atomic E-state index is 14.3. The minimum atomic E-state index is -1.67. The standard InChI is InChI=1S/C45H57N3O11/c1-8-48-22-43(23-57-40(52)27-14-10-12-16-32(27)46-39(51)26-13-9-11-15-31(26)47-41(53)42(4,5)54)18-17-35(56-7)45-29-19-28-33(55-6)21-44(59-25(3)50,30(38(45)48)20-34(43)45)36(29)37(28)58-24(2)49/h9-16,28-30,33-38,54H,8,17-23H2,1-7H3,(H,46,51)(H,47,53)/t28?,29-,30?,33+,34-,35+,36-,37+,38?,43+,44+,45?/m1/s1. The first-order valence-electron chi connectivity index (χ1n) is 20.9. The van der Waals surface area contributed by atoms with Crippen LogP contribution in [0.3, 0.4) is 0 Å². The molecule has 7 bridgehead atoms. The maximum atomic E-state index is 14.3. The van der Waals surface area contributed by atoms with Crippen LogP contribution >= 0.6 is 0 Å². The van der Waals surface area contributed by atoms with Crippen LogP contribution in [-0.4, -0.2) is 109 Å². The smallest absolute Gasteiger partial charge is 0.340 e. The van der Waals surface area contributed by atoms with E-state index in [0.29, 0.717) is 13.0 Å². The number of ether oxygens (including phenoxy) is 5. The maximum Gasteiger partial charge on any atom is 0.340 e. The molecule has 2 aromatic carbocycles. The third-order valence-electron chi connectivity index (χ3n) is 15.2. The lowest BCUT2D eigenvalue weighted by molar-refractivity contribution is -0.280. The van der Waals surface area contributed by atoms with Crippen molar-refractivity contribution in [3.63, 3.8) is 0 Å². The summed E-state index contributed by atoms with van der Waals surface area (Å²) in [6.45, 7) is 9.30. The topological polar surface area (TPSA) is 179 Å². The lowest BCUT2D eigenvalue weighted by Crippen LogP contribution is -2.77. The van der Waals surface area contributed by atoms with Gasteiger partial charge in [0.05, 0.1) is 41.3 Å². The summed E-state index contributed by atoms with van der Waals surface area (Å²) < 4.78 is 31.9. The van der Waals surface area contributed by atoms with E-state index in [1.54, 1.807) is 62.8 Å². The lowest BCUT2D eigenvalue weighted by atomic mass is 9.43. The summed E-state index contributed by atoms with van der Waals surface area (Å²) in [5.74, 6) is -2.95. The molecule has 6 aliphatic rings. The molecule has 2 aromatic rings. The van der Waals surface area contributed by atoms with Crippen LogP contribution in [-0.2, 0) is 38.1 Å². The number of amides is 2. The van der Waals surface area contributed by atoms with Crippen LogP contribution in [0.5, 0.6) is 0 Å². The molecule has 1 spiro atoms. The van der Waals surface area contributed by atoms with Crippen molar-refractivity contribution in [2.75, 3.05) is 44.5 Å². The zero-order chi connectivity index (χ0) is 42.2. The lowest BCUT2D eigenvalue weighted by Gasteiger charge is -2.69. The van der Waals surface area contributed by atoms with Crippen LogP contribution in [0.25, 0.3) is 0 Å². The molecule has 14 heteroatoms. The van der Waals surface area contributed by atoms with E-state index in [0.717, 1.165) is 32.2 Å². The number of nitrogens with zero attached hydrogens (tertiary/aromatic N) is 1. The number of likely N-dealkylation sites (tertiary alicyclic amines) is 1. The molecule has 4 unspecified atom stereocenters. The Balaban J connectivity index is 1.12. The molecular weight excluding hydrogens is 759 g/mol. The molecule has 1 heterocycles. The zero-order valence-corrected chi connectivity index (χ0v) is 34.9. The predicted molar refractivity (Wildman–Crippen MR) is 214 cm³/mol. The van der Waals surface area contributed by atoms with Gasteiger partial charge in [0.2, 0.25) is 0 Å². The van der Waals surface area contributed by atoms with Crippen molar-refractivity contribution in [1.29, 1.82) is 0 Å². The van der Waals surface area contributed by atoms with E-state index in [2.05, 4.69) is 22.5 Å². The van der Waals surface area contributed by atoms with Gasteiger partial charge in [-0.05, 0) is 82.2 Å². The molecule has 0 radical (unpaired) electrons. The van der Waals surface area contributed by atoms with Crippen LogP contribution in [0.1, 0.15) is 87.4 Å². The van der Waals surface area contributed by atoms with Crippen molar-refractivity contribution in [1.82, 2.24) is 4.90 Å². The highest BCUT2D eigenvalue weighted by molar-refractivity contribution is 6.12. The second-order valence-corrected chi connectivity index (χ2v) is 18.3. The number of methoxy groups -OCH3 is 2. The molecule has 6 fully saturated rings. The summed E-state index contributed by atoms with van der Waals surface area (Å²) in [7, 11) is 3.47. The van der Waals surface area contributed by atoms with E-state index in [1.165, 1.54) is 27.7 Å². The average molecular weight is 816 g/mol. The number of nitrogens with one attached hydrogen (secondary N) is 2. The van der Waals surface area contributed by atoms with Gasteiger partial charge in [0, 0.05) is 75.7 Å². The van der Waals surface area contributed by atoms with E-state index in [-0.39, 0.29) is 88.9 Å². The molecule has 0 aromatic heterocycles. The molecule has 3 N–H and O–H groups in total. The Morgan fingerprint density at radius 3 is 2.20 bits per heavy atom. The molecule has 1 saturated heterocycles. The highest BCUT2D eigenvalue weighted by Gasteiger charge is 2.85. The number of hydrogen-bond donors (Lipinski definition) is 3. The average Bonchev–Trinajstić information content (AvgIpc) is 3.63. The summed E-state index contributed by atoms with van der Waals surface area (Å²) in [6.07, 6.45) is 2.62. The first kappa shape index (κ1) is 41.4. The number of rotatable bonds is 12. The number of fused-ring (bicyclic) bond motifs is 2. The van der Waals surface area contributed by atoms with Gasteiger partial charge in [0.15, 0.2) is 0 Å². The molecule has 318 valence electrons. The first-order valence-corrected chi connectivity index (χ1v) is 20.9. The van der Waals surface area contributed by atoms with Gasteiger partial charge < -0.3 is 39.4 Å². The Morgan fingerprint density at radius 1 is 0.898 bits per heavy atom. The van der Waals surface area contributed by atoms with Crippen LogP contribution < -0.4 is 10.6 Å². The highest BCUT2D eigenvalue weighted by Crippen LogP contribution is 2.80. The normalized spacial score (nSPS) is 36.3. The van der Waals surface area contributed by atoms with Gasteiger partial charge in [-0.25, -0.2) is 4.79 Å². The number of hydrogen-bond acceptors (Lipinski definition) is 12. The van der Waals surface area contributed by atoms with E-state index < -0.39 is 45.9 Å². The Labute approximate surface area is 345 Å². The molecule has 2 amide bonds. The second-order valence-electron chi connectivity index (χ2n) is 18.3. The number of aliphatic hydroxyl groups is 1. The van der Waals surface area contributed by atoms with Crippen LogP contribution in [0.15, 0.2) is 48.5 Å². The van der Waals surface area contributed by atoms with Crippen molar-refractivity contribution in [3.05, 3.63) is 59.7 Å². The summed E-state index contributed by atoms with van der Waals surface area (Å²) in [5.41, 5.74) is -2.68. The van der Waals surface area contributed by atoms with Gasteiger partial charge in [-0.1, -0.05) is 31.2 Å². The van der Waals surface area contributed by atoms with Crippen LogP contribution in [0.2, 0.25) is 0 Å². The summed E-state index contributed by atoms with van der Waals surface area (Å²) >= 11 is 0. The van der Waals surface area contributed by atoms with Crippen molar-refractivity contribution < 1.29 is 52.8 Å². The SMILES string of the molecule is CCN1C[C@]2(COC(=O)c3ccccc3NC(=O)c3ccccc3NC(=O)C(C)(C)O)CC[C@H](OC)C34C1C(C[C@@H]32)[C@@]1(OC(C)=O)C[C@H](OC)C2C[C@@H]4[C@@H]1[C@H]2OC(C)=O. The van der Waals surface area contributed by atoms with Crippen LogP contribution in [0.4, 0.5) is 11.4 Å². The number of piperidine rings is 1. The third kappa shape index (κ3) is 6.30. The Morgan fingerprint density at radius 2 is 1.58 bits per heavy atom. The van der Waals surface area contributed by atoms with Gasteiger partial charge in [0.1, 0.15) is 17.3 Å². The number of anilines is 2. The Hall–Kier alpha value is -4.37. The van der Waals surface area contributed by atoms with Gasteiger partial charge in [0.25, 0.3) is 11.8 Å². The molecule has 5 aliphatic carbocycles.